The normalized spacial score (nSPS) is 12.5. The van der Waals surface area contributed by atoms with Crippen LogP contribution in [0.1, 0.15) is 48.5 Å². The molecule has 0 fully saturated rings. The smallest absolute Gasteiger partial charge is 0.333 e. The summed E-state index contributed by atoms with van der Waals surface area (Å²) in [7, 11) is 4.36. The van der Waals surface area contributed by atoms with Crippen LogP contribution in [0.3, 0.4) is 0 Å². The van der Waals surface area contributed by atoms with E-state index in [1.165, 1.54) is 9.80 Å². The number of nitrogens with one attached hydrogen (secondary N) is 3. The van der Waals surface area contributed by atoms with Crippen LogP contribution in [-0.2, 0) is 0 Å². The maximum absolute atomic E-state index is 4.77. The number of hydrogen-bond acceptors (Lipinski definition) is 5. The number of nitrogens with zero attached hydrogens (tertiary/aromatic N) is 3. The summed E-state index contributed by atoms with van der Waals surface area (Å²) < 4.78 is 0. The van der Waals surface area contributed by atoms with E-state index < -0.39 is 0 Å². The summed E-state index contributed by atoms with van der Waals surface area (Å²) in [5.74, 6) is 2.51. The minimum Gasteiger partial charge on any atom is -1.00 e. The predicted octanol–water partition coefficient (Wildman–Crippen LogP) is -5.34. The molecule has 154 valence electrons. The molecule has 0 spiro atoms. The Balaban J connectivity index is 0. The molecule has 0 bridgehead atoms. The number of anilines is 1. The van der Waals surface area contributed by atoms with E-state index in [-0.39, 0.29) is 24.8 Å². The van der Waals surface area contributed by atoms with Crippen LogP contribution in [0.25, 0.3) is 0 Å². The third-order valence-electron chi connectivity index (χ3n) is 3.98. The summed E-state index contributed by atoms with van der Waals surface area (Å²) in [6, 6.07) is 1.68. The Morgan fingerprint density at radius 3 is 1.85 bits per heavy atom. The number of thioether (sulfide) groups is 1. The van der Waals surface area contributed by atoms with E-state index in [0.717, 1.165) is 16.9 Å². The highest BCUT2D eigenvalue weighted by atomic mass is 35.5. The number of aromatic nitrogens is 3. The molecule has 6 nitrogen and oxygen atoms in total. The predicted molar refractivity (Wildman–Crippen MR) is 102 cm³/mol. The van der Waals surface area contributed by atoms with Gasteiger partial charge in [-0.1, -0.05) is 11.8 Å². The summed E-state index contributed by atoms with van der Waals surface area (Å²) in [5.41, 5.74) is 0. The van der Waals surface area contributed by atoms with Crippen molar-refractivity contribution in [2.75, 3.05) is 25.2 Å². The van der Waals surface area contributed by atoms with E-state index in [1.807, 2.05) is 0 Å². The molecule has 1 atom stereocenters. The third-order valence-corrected chi connectivity index (χ3v) is 5.09. The fourth-order valence-corrected chi connectivity index (χ4v) is 3.46. The summed E-state index contributed by atoms with van der Waals surface area (Å²) in [5, 5.41) is 4.15. The zero-order valence-corrected chi connectivity index (χ0v) is 19.9. The summed E-state index contributed by atoms with van der Waals surface area (Å²) in [6.45, 7) is 15.3. The lowest BCUT2D eigenvalue weighted by Gasteiger charge is -2.25. The van der Waals surface area contributed by atoms with Crippen LogP contribution in [0.15, 0.2) is 5.16 Å². The van der Waals surface area contributed by atoms with E-state index in [4.69, 9.17) is 4.98 Å². The van der Waals surface area contributed by atoms with Gasteiger partial charge in [0, 0.05) is 6.04 Å². The van der Waals surface area contributed by atoms with Crippen molar-refractivity contribution >= 4 is 23.7 Å². The van der Waals surface area contributed by atoms with Gasteiger partial charge in [-0.05, 0) is 48.5 Å². The highest BCUT2D eigenvalue weighted by Gasteiger charge is 2.25. The van der Waals surface area contributed by atoms with E-state index in [2.05, 4.69) is 77.8 Å². The second-order valence-corrected chi connectivity index (χ2v) is 8.61. The quantitative estimate of drug-likeness (QED) is 0.344. The molecule has 0 saturated carbocycles. The zero-order chi connectivity index (χ0) is 18.4. The van der Waals surface area contributed by atoms with Gasteiger partial charge in [0.05, 0.1) is 38.0 Å². The SMILES string of the molecule is CC(C)Nc1nc(SCC(C)[NH+](C)C)nc([NH+](C(C)C)C(C)C)n1.[Cl-].[Cl-]. The molecule has 1 heterocycles. The molecule has 0 aromatic carbocycles. The monoisotopic (exact) mass is 426 g/mol. The Morgan fingerprint density at radius 2 is 1.42 bits per heavy atom. The van der Waals surface area contributed by atoms with Gasteiger partial charge in [0.25, 0.3) is 0 Å². The Bertz CT molecular complexity index is 506. The largest absolute Gasteiger partial charge is 1.00 e. The summed E-state index contributed by atoms with van der Waals surface area (Å²) in [4.78, 5) is 16.8. The molecule has 1 unspecified atom stereocenters. The van der Waals surface area contributed by atoms with Crippen LogP contribution in [0.2, 0.25) is 0 Å². The molecule has 1 aromatic heterocycles. The van der Waals surface area contributed by atoms with E-state index in [9.17, 15) is 0 Å². The fraction of sp³-hybridized carbons (Fsp3) is 0.824. The molecule has 0 aliphatic carbocycles. The van der Waals surface area contributed by atoms with Crippen molar-refractivity contribution in [3.8, 4) is 0 Å². The second-order valence-electron chi connectivity index (χ2n) is 7.62. The molecule has 1 rings (SSSR count). The van der Waals surface area contributed by atoms with E-state index in [0.29, 0.717) is 30.1 Å². The molecule has 0 aliphatic heterocycles. The molecule has 26 heavy (non-hydrogen) atoms. The molecular formula is C17H36Cl2N6S. The molecule has 3 N–H and O–H groups in total. The van der Waals surface area contributed by atoms with Crippen molar-refractivity contribution in [3.05, 3.63) is 0 Å². The number of hydrogen-bond donors (Lipinski definition) is 3. The van der Waals surface area contributed by atoms with Crippen molar-refractivity contribution < 1.29 is 34.6 Å². The molecule has 0 amide bonds. The van der Waals surface area contributed by atoms with Gasteiger partial charge in [0.1, 0.15) is 0 Å². The summed E-state index contributed by atoms with van der Waals surface area (Å²) >= 11 is 1.72. The van der Waals surface area contributed by atoms with E-state index in [1.54, 1.807) is 11.8 Å². The second kappa shape index (κ2) is 12.9. The average Bonchev–Trinajstić information content (AvgIpc) is 2.42. The minimum absolute atomic E-state index is 0. The molecule has 0 saturated heterocycles. The zero-order valence-electron chi connectivity index (χ0n) is 17.5. The third kappa shape index (κ3) is 9.04. The van der Waals surface area contributed by atoms with Crippen molar-refractivity contribution in [2.45, 2.75) is 77.8 Å². The van der Waals surface area contributed by atoms with E-state index >= 15 is 0 Å². The lowest BCUT2D eigenvalue weighted by molar-refractivity contribution is -0.883. The van der Waals surface area contributed by atoms with Crippen LogP contribution in [0, 0.1) is 0 Å². The van der Waals surface area contributed by atoms with Gasteiger partial charge in [-0.25, -0.2) is 0 Å². The minimum atomic E-state index is 0. The van der Waals surface area contributed by atoms with Crippen LogP contribution < -0.4 is 39.9 Å². The Morgan fingerprint density at radius 1 is 0.885 bits per heavy atom. The fourth-order valence-electron chi connectivity index (χ4n) is 2.42. The van der Waals surface area contributed by atoms with Crippen molar-refractivity contribution in [3.63, 3.8) is 0 Å². The standard InChI is InChI=1S/C17H34N6S.2ClH/c1-11(2)18-15-19-16(23(12(3)4)13(5)6)21-17(20-15)24-10-14(7)22(8)9;;/h11-14H,10H2,1-9H3,(H,18,19,20,21);2*1H. The van der Waals surface area contributed by atoms with Crippen molar-refractivity contribution in [1.29, 1.82) is 0 Å². The maximum atomic E-state index is 4.77. The average molecular weight is 427 g/mol. The van der Waals surface area contributed by atoms with Gasteiger partial charge in [0.2, 0.25) is 5.95 Å². The molecular weight excluding hydrogens is 391 g/mol. The van der Waals surface area contributed by atoms with Crippen LogP contribution in [0.4, 0.5) is 11.9 Å². The van der Waals surface area contributed by atoms with Gasteiger partial charge in [-0.15, -0.1) is 4.98 Å². The number of rotatable bonds is 9. The van der Waals surface area contributed by atoms with Gasteiger partial charge < -0.3 is 35.0 Å². The Hall–Kier alpha value is -0.340. The van der Waals surface area contributed by atoms with Crippen LogP contribution >= 0.6 is 11.8 Å². The molecule has 0 aliphatic rings. The van der Waals surface area contributed by atoms with Crippen LogP contribution in [-0.4, -0.2) is 59.0 Å². The van der Waals surface area contributed by atoms with Gasteiger partial charge in [-0.2, -0.15) is 9.97 Å². The Kier molecular flexibility index (Phi) is 13.9. The number of quaternary nitrogens is 2. The van der Waals surface area contributed by atoms with Gasteiger partial charge >= 0.3 is 5.95 Å². The topological polar surface area (TPSA) is 59.6 Å². The molecule has 9 heteroatoms. The number of halogens is 2. The lowest BCUT2D eigenvalue weighted by Crippen LogP contribution is -3.14. The van der Waals surface area contributed by atoms with Gasteiger partial charge in [-0.3, -0.25) is 4.90 Å². The highest BCUT2D eigenvalue weighted by molar-refractivity contribution is 7.99. The van der Waals surface area contributed by atoms with Crippen molar-refractivity contribution in [2.24, 2.45) is 0 Å². The first-order valence-corrected chi connectivity index (χ1v) is 9.92. The first-order valence-electron chi connectivity index (χ1n) is 8.94. The Labute approximate surface area is 176 Å². The van der Waals surface area contributed by atoms with Gasteiger partial charge in [0.15, 0.2) is 5.16 Å². The van der Waals surface area contributed by atoms with Crippen molar-refractivity contribution in [1.82, 2.24) is 15.0 Å². The highest BCUT2D eigenvalue weighted by Crippen LogP contribution is 2.16. The molecule has 1 aromatic rings. The molecule has 0 radical (unpaired) electrons. The first-order chi connectivity index (χ1) is 11.1. The van der Waals surface area contributed by atoms with Crippen LogP contribution in [0.5, 0.6) is 0 Å². The maximum Gasteiger partial charge on any atom is 0.333 e. The first kappa shape index (κ1) is 27.9. The lowest BCUT2D eigenvalue weighted by atomic mass is 10.2. The summed E-state index contributed by atoms with van der Waals surface area (Å²) in [6.07, 6.45) is 0.